The van der Waals surface area contributed by atoms with Crippen molar-refractivity contribution in [3.8, 4) is 0 Å². The van der Waals surface area contributed by atoms with Gasteiger partial charge in [-0.3, -0.25) is 0 Å². The van der Waals surface area contributed by atoms with E-state index in [1.54, 1.807) is 12.1 Å². The molecule has 0 amide bonds. The Labute approximate surface area is 130 Å². The maximum absolute atomic E-state index is 12.8. The van der Waals surface area contributed by atoms with Crippen molar-refractivity contribution < 1.29 is 4.39 Å². The molecule has 0 saturated carbocycles. The monoisotopic (exact) mass is 302 g/mol. The summed E-state index contributed by atoms with van der Waals surface area (Å²) >= 11 is 5.31. The highest BCUT2D eigenvalue weighted by molar-refractivity contribution is 7.80. The molecule has 0 fully saturated rings. The Morgan fingerprint density at radius 1 is 1.10 bits per heavy atom. The lowest BCUT2D eigenvalue weighted by atomic mass is 10.0. The standard InChI is InChI=1S/C17H19FN2S/c1-12(2)15-5-3-4-6-16(15)20-17(21)19-11-13-7-9-14(18)10-8-13/h3-10,12H,11H2,1-2H3,(H2,19,20,21). The molecule has 2 rings (SSSR count). The normalized spacial score (nSPS) is 10.5. The number of hydrogen-bond donors (Lipinski definition) is 2. The molecule has 0 atom stereocenters. The molecule has 0 spiro atoms. The van der Waals surface area contributed by atoms with Crippen LogP contribution < -0.4 is 10.6 Å². The summed E-state index contributed by atoms with van der Waals surface area (Å²) in [7, 11) is 0. The molecule has 0 aliphatic carbocycles. The topological polar surface area (TPSA) is 24.1 Å². The summed E-state index contributed by atoms with van der Waals surface area (Å²) in [6.07, 6.45) is 0. The highest BCUT2D eigenvalue weighted by Crippen LogP contribution is 2.23. The third-order valence-corrected chi connectivity index (χ3v) is 3.44. The van der Waals surface area contributed by atoms with Crippen LogP contribution in [0.4, 0.5) is 10.1 Å². The number of benzene rings is 2. The molecule has 0 unspecified atom stereocenters. The Morgan fingerprint density at radius 3 is 2.43 bits per heavy atom. The number of halogens is 1. The van der Waals surface area contributed by atoms with E-state index in [1.165, 1.54) is 17.7 Å². The van der Waals surface area contributed by atoms with Gasteiger partial charge in [-0.25, -0.2) is 4.39 Å². The molecule has 0 aliphatic rings. The molecule has 2 aromatic rings. The first-order valence-electron chi connectivity index (χ1n) is 6.94. The minimum atomic E-state index is -0.231. The van der Waals surface area contributed by atoms with Crippen molar-refractivity contribution in [3.05, 3.63) is 65.5 Å². The number of rotatable bonds is 4. The SMILES string of the molecule is CC(C)c1ccccc1NC(=S)NCc1ccc(F)cc1. The maximum atomic E-state index is 12.8. The lowest BCUT2D eigenvalue weighted by molar-refractivity contribution is 0.627. The Morgan fingerprint density at radius 2 is 1.76 bits per heavy atom. The summed E-state index contributed by atoms with van der Waals surface area (Å²) in [6, 6.07) is 14.5. The van der Waals surface area contributed by atoms with Gasteiger partial charge < -0.3 is 10.6 Å². The van der Waals surface area contributed by atoms with Crippen molar-refractivity contribution in [1.82, 2.24) is 5.32 Å². The third-order valence-electron chi connectivity index (χ3n) is 3.20. The van der Waals surface area contributed by atoms with Crippen LogP contribution in [0.5, 0.6) is 0 Å². The van der Waals surface area contributed by atoms with Crippen LogP contribution in [0.25, 0.3) is 0 Å². The van der Waals surface area contributed by atoms with Crippen LogP contribution in [0, 0.1) is 5.82 Å². The Hall–Kier alpha value is -1.94. The van der Waals surface area contributed by atoms with Crippen LogP contribution in [0.2, 0.25) is 0 Å². The van der Waals surface area contributed by atoms with Gasteiger partial charge >= 0.3 is 0 Å². The molecule has 0 bridgehead atoms. The molecular formula is C17H19FN2S. The predicted octanol–water partition coefficient (Wildman–Crippen LogP) is 4.44. The lowest BCUT2D eigenvalue weighted by Gasteiger charge is -2.16. The van der Waals surface area contributed by atoms with E-state index in [1.807, 2.05) is 18.2 Å². The number of thiocarbonyl (C=S) groups is 1. The highest BCUT2D eigenvalue weighted by atomic mass is 32.1. The van der Waals surface area contributed by atoms with Crippen molar-refractivity contribution in [3.63, 3.8) is 0 Å². The van der Waals surface area contributed by atoms with Gasteiger partial charge in [-0.15, -0.1) is 0 Å². The number of para-hydroxylation sites is 1. The van der Waals surface area contributed by atoms with Crippen LogP contribution in [-0.4, -0.2) is 5.11 Å². The molecule has 2 N–H and O–H groups in total. The zero-order valence-corrected chi connectivity index (χ0v) is 13.0. The van der Waals surface area contributed by atoms with Gasteiger partial charge in [0.15, 0.2) is 5.11 Å². The highest BCUT2D eigenvalue weighted by Gasteiger charge is 2.06. The first kappa shape index (κ1) is 15.4. The molecule has 0 aliphatic heterocycles. The van der Waals surface area contributed by atoms with Crippen molar-refractivity contribution >= 4 is 23.0 Å². The molecule has 0 aromatic heterocycles. The zero-order chi connectivity index (χ0) is 15.2. The van der Waals surface area contributed by atoms with Crippen molar-refractivity contribution in [1.29, 1.82) is 0 Å². The van der Waals surface area contributed by atoms with Crippen molar-refractivity contribution in [2.24, 2.45) is 0 Å². The summed E-state index contributed by atoms with van der Waals surface area (Å²) in [5.41, 5.74) is 3.23. The molecule has 0 saturated heterocycles. The average Bonchev–Trinajstić information content (AvgIpc) is 2.47. The van der Waals surface area contributed by atoms with E-state index in [4.69, 9.17) is 12.2 Å². The molecule has 2 nitrogen and oxygen atoms in total. The molecule has 0 radical (unpaired) electrons. The fourth-order valence-electron chi connectivity index (χ4n) is 2.07. The van der Waals surface area contributed by atoms with Crippen LogP contribution in [-0.2, 0) is 6.54 Å². The summed E-state index contributed by atoms with van der Waals surface area (Å²) in [5, 5.41) is 6.91. The van der Waals surface area contributed by atoms with Gasteiger partial charge in [-0.05, 0) is 47.5 Å². The smallest absolute Gasteiger partial charge is 0.171 e. The summed E-state index contributed by atoms with van der Waals surface area (Å²) in [6.45, 7) is 4.86. The Balaban J connectivity index is 1.94. The zero-order valence-electron chi connectivity index (χ0n) is 12.2. The summed E-state index contributed by atoms with van der Waals surface area (Å²) in [4.78, 5) is 0. The Bertz CT molecular complexity index is 608. The van der Waals surface area contributed by atoms with Crippen LogP contribution in [0.1, 0.15) is 30.9 Å². The van der Waals surface area contributed by atoms with E-state index in [-0.39, 0.29) is 5.82 Å². The number of nitrogens with one attached hydrogen (secondary N) is 2. The van der Waals surface area contributed by atoms with Crippen LogP contribution >= 0.6 is 12.2 Å². The molecule has 2 aromatic carbocycles. The van der Waals surface area contributed by atoms with Crippen LogP contribution in [0.3, 0.4) is 0 Å². The third kappa shape index (κ3) is 4.53. The van der Waals surface area contributed by atoms with Gasteiger partial charge in [0.05, 0.1) is 0 Å². The minimum absolute atomic E-state index is 0.231. The van der Waals surface area contributed by atoms with Crippen molar-refractivity contribution in [2.75, 3.05) is 5.32 Å². The second-order valence-electron chi connectivity index (χ2n) is 5.18. The summed E-state index contributed by atoms with van der Waals surface area (Å²) in [5.74, 6) is 0.193. The van der Waals surface area contributed by atoms with Gasteiger partial charge in [0, 0.05) is 12.2 Å². The molecule has 0 heterocycles. The number of anilines is 1. The molecule has 110 valence electrons. The lowest BCUT2D eigenvalue weighted by Crippen LogP contribution is -2.28. The van der Waals surface area contributed by atoms with E-state index in [0.29, 0.717) is 17.6 Å². The largest absolute Gasteiger partial charge is 0.358 e. The van der Waals surface area contributed by atoms with Crippen LogP contribution in [0.15, 0.2) is 48.5 Å². The first-order chi connectivity index (χ1) is 10.1. The quantitative estimate of drug-likeness (QED) is 0.817. The van der Waals surface area contributed by atoms with E-state index in [2.05, 4.69) is 30.5 Å². The van der Waals surface area contributed by atoms with E-state index < -0.39 is 0 Å². The second-order valence-corrected chi connectivity index (χ2v) is 5.58. The second kappa shape index (κ2) is 7.18. The molecule has 4 heteroatoms. The molecule has 21 heavy (non-hydrogen) atoms. The molecular weight excluding hydrogens is 283 g/mol. The van der Waals surface area contributed by atoms with E-state index >= 15 is 0 Å². The summed E-state index contributed by atoms with van der Waals surface area (Å²) < 4.78 is 12.8. The Kier molecular flexibility index (Phi) is 5.28. The van der Waals surface area contributed by atoms with E-state index in [9.17, 15) is 4.39 Å². The van der Waals surface area contributed by atoms with Crippen molar-refractivity contribution in [2.45, 2.75) is 26.3 Å². The predicted molar refractivity (Wildman–Crippen MR) is 90.0 cm³/mol. The van der Waals surface area contributed by atoms with Gasteiger partial charge in [0.2, 0.25) is 0 Å². The van der Waals surface area contributed by atoms with Gasteiger partial charge in [0.25, 0.3) is 0 Å². The first-order valence-corrected chi connectivity index (χ1v) is 7.35. The van der Waals surface area contributed by atoms with Gasteiger partial charge in [-0.2, -0.15) is 0 Å². The fourth-order valence-corrected chi connectivity index (χ4v) is 2.25. The van der Waals surface area contributed by atoms with Gasteiger partial charge in [0.1, 0.15) is 5.82 Å². The number of hydrogen-bond acceptors (Lipinski definition) is 1. The fraction of sp³-hybridized carbons (Fsp3) is 0.235. The maximum Gasteiger partial charge on any atom is 0.171 e. The van der Waals surface area contributed by atoms with Gasteiger partial charge in [-0.1, -0.05) is 44.2 Å². The average molecular weight is 302 g/mol. The minimum Gasteiger partial charge on any atom is -0.358 e. The van der Waals surface area contributed by atoms with E-state index in [0.717, 1.165) is 11.3 Å².